The molecule has 0 atom stereocenters. The molecule has 0 aliphatic carbocycles. The van der Waals surface area contributed by atoms with Crippen LogP contribution in [0.4, 0.5) is 5.69 Å². The van der Waals surface area contributed by atoms with Crippen molar-refractivity contribution in [3.8, 4) is 11.8 Å². The van der Waals surface area contributed by atoms with Crippen molar-refractivity contribution >= 4 is 45.2 Å². The fourth-order valence-electron chi connectivity index (χ4n) is 2.35. The molecule has 0 fully saturated rings. The van der Waals surface area contributed by atoms with Gasteiger partial charge in [0.2, 0.25) is 0 Å². The van der Waals surface area contributed by atoms with Gasteiger partial charge in [-0.05, 0) is 59.6 Å². The summed E-state index contributed by atoms with van der Waals surface area (Å²) in [6, 6.07) is 10.9. The van der Waals surface area contributed by atoms with E-state index >= 15 is 0 Å². The SMILES string of the molecule is COc1c(Br)cc(Cl)cc1/C=C(\C#N)C(=O)Nc1ccc(C)cc1C. The van der Waals surface area contributed by atoms with Crippen LogP contribution in [0.3, 0.4) is 0 Å². The number of aryl methyl sites for hydroxylation is 2. The lowest BCUT2D eigenvalue weighted by molar-refractivity contribution is -0.112. The Labute approximate surface area is 160 Å². The van der Waals surface area contributed by atoms with E-state index in [-0.39, 0.29) is 5.57 Å². The molecule has 128 valence electrons. The largest absolute Gasteiger partial charge is 0.495 e. The maximum absolute atomic E-state index is 12.5. The molecule has 2 rings (SSSR count). The molecular formula is C19H16BrClN2O2. The number of amides is 1. The lowest BCUT2D eigenvalue weighted by atomic mass is 10.1. The van der Waals surface area contributed by atoms with Crippen molar-refractivity contribution in [1.82, 2.24) is 0 Å². The van der Waals surface area contributed by atoms with Gasteiger partial charge in [0.1, 0.15) is 17.4 Å². The van der Waals surface area contributed by atoms with Crippen molar-refractivity contribution in [2.24, 2.45) is 0 Å². The molecule has 0 aliphatic heterocycles. The second kappa shape index (κ2) is 8.19. The molecule has 0 saturated carbocycles. The zero-order valence-electron chi connectivity index (χ0n) is 14.0. The van der Waals surface area contributed by atoms with E-state index in [2.05, 4.69) is 21.2 Å². The highest BCUT2D eigenvalue weighted by Crippen LogP contribution is 2.34. The highest BCUT2D eigenvalue weighted by molar-refractivity contribution is 9.10. The molecule has 2 aromatic rings. The highest BCUT2D eigenvalue weighted by Gasteiger charge is 2.14. The summed E-state index contributed by atoms with van der Waals surface area (Å²) in [5.74, 6) is 0.00377. The van der Waals surface area contributed by atoms with Crippen LogP contribution in [-0.2, 0) is 4.79 Å². The minimum Gasteiger partial charge on any atom is -0.495 e. The van der Waals surface area contributed by atoms with Crippen molar-refractivity contribution < 1.29 is 9.53 Å². The zero-order chi connectivity index (χ0) is 18.6. The van der Waals surface area contributed by atoms with Gasteiger partial charge >= 0.3 is 0 Å². The molecule has 0 aliphatic rings. The summed E-state index contributed by atoms with van der Waals surface area (Å²) in [7, 11) is 1.51. The number of halogens is 2. The molecule has 0 spiro atoms. The van der Waals surface area contributed by atoms with E-state index in [1.165, 1.54) is 13.2 Å². The second-order valence-corrected chi connectivity index (χ2v) is 6.74. The normalized spacial score (nSPS) is 11.0. The monoisotopic (exact) mass is 418 g/mol. The van der Waals surface area contributed by atoms with Crippen LogP contribution in [0.1, 0.15) is 16.7 Å². The van der Waals surface area contributed by atoms with Crippen LogP contribution in [0, 0.1) is 25.2 Å². The molecule has 0 radical (unpaired) electrons. The third-order valence-corrected chi connectivity index (χ3v) is 4.34. The van der Waals surface area contributed by atoms with Gasteiger partial charge in [-0.3, -0.25) is 4.79 Å². The summed E-state index contributed by atoms with van der Waals surface area (Å²) in [6.07, 6.45) is 1.45. The number of hydrogen-bond donors (Lipinski definition) is 1. The van der Waals surface area contributed by atoms with Crippen molar-refractivity contribution in [3.05, 3.63) is 62.1 Å². The predicted octanol–water partition coefficient (Wildman–Crippen LogP) is 5.27. The van der Waals surface area contributed by atoms with Crippen LogP contribution in [0.15, 0.2) is 40.4 Å². The van der Waals surface area contributed by atoms with Gasteiger partial charge in [0, 0.05) is 16.3 Å². The first-order chi connectivity index (χ1) is 11.8. The summed E-state index contributed by atoms with van der Waals surface area (Å²) in [5, 5.41) is 12.6. The molecule has 2 aromatic carbocycles. The van der Waals surface area contributed by atoms with Crippen molar-refractivity contribution in [2.45, 2.75) is 13.8 Å². The minimum absolute atomic E-state index is 0.0487. The molecule has 0 unspecified atom stereocenters. The van der Waals surface area contributed by atoms with Crippen LogP contribution in [0.2, 0.25) is 5.02 Å². The number of nitriles is 1. The number of rotatable bonds is 4. The van der Waals surface area contributed by atoms with Crippen molar-refractivity contribution in [2.75, 3.05) is 12.4 Å². The Hall–Kier alpha value is -2.29. The van der Waals surface area contributed by atoms with Gasteiger partial charge in [-0.25, -0.2) is 0 Å². The van der Waals surface area contributed by atoms with Crippen LogP contribution in [-0.4, -0.2) is 13.0 Å². The number of anilines is 1. The Morgan fingerprint density at radius 2 is 2.04 bits per heavy atom. The zero-order valence-corrected chi connectivity index (χ0v) is 16.3. The lowest BCUT2D eigenvalue weighted by Crippen LogP contribution is -2.14. The van der Waals surface area contributed by atoms with Crippen LogP contribution >= 0.6 is 27.5 Å². The van der Waals surface area contributed by atoms with Crippen LogP contribution < -0.4 is 10.1 Å². The first-order valence-electron chi connectivity index (χ1n) is 7.39. The van der Waals surface area contributed by atoms with Crippen molar-refractivity contribution in [3.63, 3.8) is 0 Å². The number of ether oxygens (including phenoxy) is 1. The number of carbonyl (C=O) groups excluding carboxylic acids is 1. The van der Waals surface area contributed by atoms with E-state index in [1.54, 1.807) is 12.1 Å². The first kappa shape index (κ1) is 19.0. The maximum Gasteiger partial charge on any atom is 0.266 e. The van der Waals surface area contributed by atoms with Gasteiger partial charge in [0.05, 0.1) is 11.6 Å². The Bertz CT molecular complexity index is 901. The number of nitrogens with zero attached hydrogens (tertiary/aromatic N) is 1. The quantitative estimate of drug-likeness (QED) is 0.542. The number of hydrogen-bond acceptors (Lipinski definition) is 3. The van der Waals surface area contributed by atoms with Gasteiger partial charge < -0.3 is 10.1 Å². The third-order valence-electron chi connectivity index (χ3n) is 3.54. The summed E-state index contributed by atoms with van der Waals surface area (Å²) in [4.78, 5) is 12.5. The van der Waals surface area contributed by atoms with E-state index < -0.39 is 5.91 Å². The smallest absolute Gasteiger partial charge is 0.266 e. The predicted molar refractivity (Wildman–Crippen MR) is 104 cm³/mol. The molecule has 0 saturated heterocycles. The number of carbonyl (C=O) groups is 1. The summed E-state index contributed by atoms with van der Waals surface area (Å²) in [5.41, 5.74) is 3.17. The molecule has 0 aromatic heterocycles. The van der Waals surface area contributed by atoms with Gasteiger partial charge in [0.25, 0.3) is 5.91 Å². The van der Waals surface area contributed by atoms with Crippen LogP contribution in [0.5, 0.6) is 5.75 Å². The lowest BCUT2D eigenvalue weighted by Gasteiger charge is -2.10. The fraction of sp³-hybridized carbons (Fsp3) is 0.158. The Morgan fingerprint density at radius 3 is 2.64 bits per heavy atom. The van der Waals surface area contributed by atoms with Gasteiger partial charge in [-0.1, -0.05) is 29.3 Å². The molecule has 6 heteroatoms. The Morgan fingerprint density at radius 1 is 1.32 bits per heavy atom. The second-order valence-electron chi connectivity index (χ2n) is 5.45. The molecule has 0 heterocycles. The number of nitrogens with one attached hydrogen (secondary N) is 1. The minimum atomic E-state index is -0.493. The van der Waals surface area contributed by atoms with E-state index in [0.29, 0.717) is 26.5 Å². The van der Waals surface area contributed by atoms with Crippen molar-refractivity contribution in [1.29, 1.82) is 5.26 Å². The maximum atomic E-state index is 12.5. The Kier molecular flexibility index (Phi) is 6.24. The first-order valence-corrected chi connectivity index (χ1v) is 8.56. The molecule has 1 N–H and O–H groups in total. The fourth-order valence-corrected chi connectivity index (χ4v) is 3.35. The molecular weight excluding hydrogens is 404 g/mol. The van der Waals surface area contributed by atoms with Gasteiger partial charge in [-0.15, -0.1) is 0 Å². The van der Waals surface area contributed by atoms with E-state index in [0.717, 1.165) is 11.1 Å². The average Bonchev–Trinajstić information content (AvgIpc) is 2.54. The molecule has 0 bridgehead atoms. The number of methoxy groups -OCH3 is 1. The van der Waals surface area contributed by atoms with E-state index in [4.69, 9.17) is 16.3 Å². The number of benzene rings is 2. The van der Waals surface area contributed by atoms with E-state index in [1.807, 2.05) is 38.1 Å². The van der Waals surface area contributed by atoms with Gasteiger partial charge in [-0.2, -0.15) is 5.26 Å². The third kappa shape index (κ3) is 4.62. The average molecular weight is 420 g/mol. The molecule has 4 nitrogen and oxygen atoms in total. The highest BCUT2D eigenvalue weighted by atomic mass is 79.9. The molecule has 1 amide bonds. The summed E-state index contributed by atoms with van der Waals surface area (Å²) >= 11 is 9.41. The topological polar surface area (TPSA) is 62.1 Å². The summed E-state index contributed by atoms with van der Waals surface area (Å²) in [6.45, 7) is 3.87. The summed E-state index contributed by atoms with van der Waals surface area (Å²) < 4.78 is 5.96. The Balaban J connectivity index is 2.38. The standard InChI is InChI=1S/C19H16BrClN2O2/c1-11-4-5-17(12(2)6-11)23-19(24)14(10-22)7-13-8-15(21)9-16(20)18(13)25-3/h4-9H,1-3H3,(H,23,24)/b14-7+. The van der Waals surface area contributed by atoms with Crippen LogP contribution in [0.25, 0.3) is 6.08 Å². The van der Waals surface area contributed by atoms with E-state index in [9.17, 15) is 10.1 Å². The molecule has 25 heavy (non-hydrogen) atoms. The van der Waals surface area contributed by atoms with Gasteiger partial charge in [0.15, 0.2) is 0 Å².